The third-order valence-corrected chi connectivity index (χ3v) is 3.00. The molecule has 0 spiro atoms. The lowest BCUT2D eigenvalue weighted by molar-refractivity contribution is -0.121. The highest BCUT2D eigenvalue weighted by molar-refractivity contribution is 5.79. The first-order valence-corrected chi connectivity index (χ1v) is 5.50. The van der Waals surface area contributed by atoms with Crippen LogP contribution >= 0.6 is 0 Å². The van der Waals surface area contributed by atoms with Crippen LogP contribution < -0.4 is 11.1 Å². The van der Waals surface area contributed by atoms with Crippen LogP contribution in [0.15, 0.2) is 18.2 Å². The number of hydrogen-bond donors (Lipinski definition) is 2. The molecule has 0 saturated heterocycles. The number of carbonyl (C=O) groups excluding carboxylic acids is 1. The molecule has 1 saturated carbocycles. The summed E-state index contributed by atoms with van der Waals surface area (Å²) >= 11 is 0. The minimum atomic E-state index is -0.935. The van der Waals surface area contributed by atoms with Crippen LogP contribution in [0.4, 0.5) is 8.78 Å². The highest BCUT2D eigenvalue weighted by atomic mass is 19.2. The Morgan fingerprint density at radius 2 is 2.06 bits per heavy atom. The number of hydrogen-bond acceptors (Lipinski definition) is 2. The summed E-state index contributed by atoms with van der Waals surface area (Å²) < 4.78 is 25.6. The monoisotopic (exact) mass is 240 g/mol. The Hall–Kier alpha value is -1.49. The van der Waals surface area contributed by atoms with Gasteiger partial charge in [0.25, 0.3) is 0 Å². The maximum absolute atomic E-state index is 12.9. The number of amides is 1. The van der Waals surface area contributed by atoms with Crippen molar-refractivity contribution in [2.75, 3.05) is 6.54 Å². The molecular weight excluding hydrogens is 226 g/mol. The summed E-state index contributed by atoms with van der Waals surface area (Å²) in [6.07, 6.45) is 1.80. The third-order valence-electron chi connectivity index (χ3n) is 3.00. The Morgan fingerprint density at radius 3 is 2.59 bits per heavy atom. The molecule has 0 unspecified atom stereocenters. The average Bonchev–Trinajstić information content (AvgIpc) is 3.04. The van der Waals surface area contributed by atoms with E-state index in [1.54, 1.807) is 0 Å². The van der Waals surface area contributed by atoms with Crippen LogP contribution in [0.25, 0.3) is 0 Å². The van der Waals surface area contributed by atoms with E-state index in [2.05, 4.69) is 5.32 Å². The Morgan fingerprint density at radius 1 is 1.35 bits per heavy atom. The first kappa shape index (κ1) is 12.0. The molecule has 5 heteroatoms. The lowest BCUT2D eigenvalue weighted by Crippen LogP contribution is -2.43. The Kier molecular flexibility index (Phi) is 3.11. The van der Waals surface area contributed by atoms with E-state index < -0.39 is 11.6 Å². The van der Waals surface area contributed by atoms with Gasteiger partial charge in [-0.25, -0.2) is 8.78 Å². The first-order chi connectivity index (χ1) is 8.04. The quantitative estimate of drug-likeness (QED) is 0.828. The van der Waals surface area contributed by atoms with Crippen molar-refractivity contribution in [2.24, 2.45) is 5.73 Å². The smallest absolute Gasteiger partial charge is 0.224 e. The normalized spacial score (nSPS) is 16.6. The van der Waals surface area contributed by atoms with Crippen molar-refractivity contribution in [3.05, 3.63) is 35.4 Å². The first-order valence-electron chi connectivity index (χ1n) is 5.50. The number of carbonyl (C=O) groups is 1. The topological polar surface area (TPSA) is 55.1 Å². The Bertz CT molecular complexity index is 444. The molecule has 3 nitrogen and oxygen atoms in total. The van der Waals surface area contributed by atoms with Gasteiger partial charge in [0.1, 0.15) is 0 Å². The zero-order valence-corrected chi connectivity index (χ0v) is 9.30. The molecule has 0 aliphatic heterocycles. The lowest BCUT2D eigenvalue weighted by Gasteiger charge is -2.14. The molecule has 1 amide bonds. The van der Waals surface area contributed by atoms with Crippen molar-refractivity contribution in [3.8, 4) is 0 Å². The van der Waals surface area contributed by atoms with E-state index in [0.29, 0.717) is 12.1 Å². The minimum Gasteiger partial charge on any atom is -0.349 e. The lowest BCUT2D eigenvalue weighted by atomic mass is 10.1. The third kappa shape index (κ3) is 2.79. The van der Waals surface area contributed by atoms with Gasteiger partial charge in [-0.1, -0.05) is 6.07 Å². The van der Waals surface area contributed by atoms with E-state index in [4.69, 9.17) is 5.73 Å². The molecule has 0 heterocycles. The van der Waals surface area contributed by atoms with Crippen LogP contribution in [0, 0.1) is 11.6 Å². The van der Waals surface area contributed by atoms with Gasteiger partial charge in [-0.3, -0.25) is 4.79 Å². The fourth-order valence-corrected chi connectivity index (χ4v) is 1.71. The molecular formula is C12H14F2N2O. The Balaban J connectivity index is 1.96. The average molecular weight is 240 g/mol. The molecule has 0 atom stereocenters. The molecule has 1 aromatic rings. The predicted octanol–water partition coefficient (Wildman–Crippen LogP) is 1.11. The van der Waals surface area contributed by atoms with Crippen LogP contribution in [-0.4, -0.2) is 18.0 Å². The van der Waals surface area contributed by atoms with Crippen molar-refractivity contribution in [1.82, 2.24) is 5.32 Å². The molecule has 0 radical (unpaired) electrons. The fraction of sp³-hybridized carbons (Fsp3) is 0.417. The van der Waals surface area contributed by atoms with E-state index in [1.807, 2.05) is 0 Å². The second kappa shape index (κ2) is 4.41. The standard InChI is InChI=1S/C12H14F2N2O/c13-9-2-1-8(5-10(9)14)6-11(17)16-12(7-15)3-4-12/h1-2,5H,3-4,6-7,15H2,(H,16,17). The van der Waals surface area contributed by atoms with Crippen LogP contribution in [-0.2, 0) is 11.2 Å². The summed E-state index contributed by atoms with van der Waals surface area (Å²) in [6.45, 7) is 0.413. The van der Waals surface area contributed by atoms with E-state index in [9.17, 15) is 13.6 Å². The van der Waals surface area contributed by atoms with E-state index in [-0.39, 0.29) is 17.9 Å². The molecule has 3 N–H and O–H groups in total. The molecule has 1 fully saturated rings. The van der Waals surface area contributed by atoms with Crippen molar-refractivity contribution < 1.29 is 13.6 Å². The molecule has 0 bridgehead atoms. The molecule has 92 valence electrons. The summed E-state index contributed by atoms with van der Waals surface area (Å²) in [5, 5.41) is 2.82. The van der Waals surface area contributed by atoms with Gasteiger partial charge in [-0.05, 0) is 30.5 Å². The van der Waals surface area contributed by atoms with Crippen LogP contribution in [0.5, 0.6) is 0 Å². The zero-order chi connectivity index (χ0) is 12.5. The maximum Gasteiger partial charge on any atom is 0.224 e. The van der Waals surface area contributed by atoms with E-state index in [1.165, 1.54) is 6.07 Å². The fourth-order valence-electron chi connectivity index (χ4n) is 1.71. The molecule has 1 aliphatic rings. The van der Waals surface area contributed by atoms with Crippen molar-refractivity contribution in [3.63, 3.8) is 0 Å². The summed E-state index contributed by atoms with van der Waals surface area (Å²) in [5.41, 5.74) is 5.73. The van der Waals surface area contributed by atoms with Gasteiger partial charge in [0.2, 0.25) is 5.91 Å². The summed E-state index contributed by atoms with van der Waals surface area (Å²) in [6, 6.07) is 3.46. The predicted molar refractivity (Wildman–Crippen MR) is 59.2 cm³/mol. The van der Waals surface area contributed by atoms with Gasteiger partial charge in [0.05, 0.1) is 12.0 Å². The zero-order valence-electron chi connectivity index (χ0n) is 9.30. The molecule has 1 aromatic carbocycles. The second-order valence-corrected chi connectivity index (χ2v) is 4.46. The minimum absolute atomic E-state index is 0.0406. The number of nitrogens with one attached hydrogen (secondary N) is 1. The highest BCUT2D eigenvalue weighted by Crippen LogP contribution is 2.33. The van der Waals surface area contributed by atoms with Crippen molar-refractivity contribution in [1.29, 1.82) is 0 Å². The Labute approximate surface area is 98.0 Å². The van der Waals surface area contributed by atoms with Crippen molar-refractivity contribution in [2.45, 2.75) is 24.8 Å². The highest BCUT2D eigenvalue weighted by Gasteiger charge is 2.42. The summed E-state index contributed by atoms with van der Waals surface area (Å²) in [5.74, 6) is -2.05. The molecule has 0 aromatic heterocycles. The van der Waals surface area contributed by atoms with Gasteiger partial charge in [-0.2, -0.15) is 0 Å². The van der Waals surface area contributed by atoms with E-state index >= 15 is 0 Å². The number of halogens is 2. The molecule has 17 heavy (non-hydrogen) atoms. The molecule has 1 aliphatic carbocycles. The van der Waals surface area contributed by atoms with Gasteiger partial charge in [0, 0.05) is 6.54 Å². The summed E-state index contributed by atoms with van der Waals surface area (Å²) in [7, 11) is 0. The van der Waals surface area contributed by atoms with Gasteiger partial charge in [-0.15, -0.1) is 0 Å². The SMILES string of the molecule is NCC1(NC(=O)Cc2ccc(F)c(F)c2)CC1. The second-order valence-electron chi connectivity index (χ2n) is 4.46. The largest absolute Gasteiger partial charge is 0.349 e. The van der Waals surface area contributed by atoms with E-state index in [0.717, 1.165) is 25.0 Å². The van der Waals surface area contributed by atoms with Crippen molar-refractivity contribution >= 4 is 5.91 Å². The van der Waals surface area contributed by atoms with Crippen LogP contribution in [0.3, 0.4) is 0 Å². The number of benzene rings is 1. The number of rotatable bonds is 4. The number of nitrogens with two attached hydrogens (primary N) is 1. The van der Waals surface area contributed by atoms with Gasteiger partial charge < -0.3 is 11.1 Å². The summed E-state index contributed by atoms with van der Waals surface area (Å²) in [4.78, 5) is 11.6. The molecule has 2 rings (SSSR count). The van der Waals surface area contributed by atoms with Gasteiger partial charge >= 0.3 is 0 Å². The maximum atomic E-state index is 12.9. The van der Waals surface area contributed by atoms with Crippen LogP contribution in [0.1, 0.15) is 18.4 Å². The van der Waals surface area contributed by atoms with Crippen LogP contribution in [0.2, 0.25) is 0 Å². The van der Waals surface area contributed by atoms with Gasteiger partial charge in [0.15, 0.2) is 11.6 Å².